The molecule has 0 saturated heterocycles. The van der Waals surface area contributed by atoms with Crippen molar-refractivity contribution in [3.8, 4) is 0 Å². The van der Waals surface area contributed by atoms with E-state index in [0.29, 0.717) is 0 Å². The molecule has 0 fully saturated rings. The van der Waals surface area contributed by atoms with E-state index in [2.05, 4.69) is 4.98 Å². The number of aromatic nitrogens is 1. The quantitative estimate of drug-likeness (QED) is 0.628. The van der Waals surface area contributed by atoms with Crippen LogP contribution in [0.15, 0.2) is 6.07 Å². The Labute approximate surface area is 72.2 Å². The van der Waals surface area contributed by atoms with E-state index in [9.17, 15) is 13.2 Å². The van der Waals surface area contributed by atoms with Gasteiger partial charge in [-0.25, -0.2) is 13.8 Å². The van der Waals surface area contributed by atoms with Crippen molar-refractivity contribution >= 4 is 11.6 Å². The monoisotopic (exact) mass is 195 g/mol. The molecule has 1 rings (SSSR count). The first-order valence-electron chi connectivity index (χ1n) is 3.13. The molecule has 1 aromatic heterocycles. The average molecular weight is 196 g/mol. The molecule has 0 aliphatic carbocycles. The molecular weight excluding hydrogens is 191 g/mol. The number of halogens is 4. The van der Waals surface area contributed by atoms with Gasteiger partial charge in [0.1, 0.15) is 0 Å². The van der Waals surface area contributed by atoms with Crippen LogP contribution in [-0.4, -0.2) is 4.98 Å². The number of hydrogen-bond donors (Lipinski definition) is 0. The zero-order chi connectivity index (χ0) is 9.30. The van der Waals surface area contributed by atoms with E-state index < -0.39 is 17.9 Å². The maximum absolute atomic E-state index is 12.4. The van der Waals surface area contributed by atoms with Gasteiger partial charge in [0.2, 0.25) is 5.95 Å². The summed E-state index contributed by atoms with van der Waals surface area (Å²) in [5.41, 5.74) is -0.479. The highest BCUT2D eigenvalue weighted by Gasteiger charge is 2.16. The van der Waals surface area contributed by atoms with Gasteiger partial charge in [0, 0.05) is 6.07 Å². The zero-order valence-electron chi connectivity index (χ0n) is 6.11. The second-order valence-corrected chi connectivity index (χ2v) is 2.63. The normalized spacial score (nSPS) is 10.8. The molecule has 1 heterocycles. The van der Waals surface area contributed by atoms with E-state index in [1.54, 1.807) is 0 Å². The molecule has 1 aromatic rings. The summed E-state index contributed by atoms with van der Waals surface area (Å²) < 4.78 is 36.8. The second-order valence-electron chi connectivity index (χ2n) is 2.23. The molecule has 0 saturated carbocycles. The second kappa shape index (κ2) is 3.31. The van der Waals surface area contributed by atoms with Crippen LogP contribution < -0.4 is 0 Å². The first kappa shape index (κ1) is 9.32. The SMILES string of the molecule is Cc1nc(F)cc(Cl)c1C(F)F. The van der Waals surface area contributed by atoms with Gasteiger partial charge in [0.15, 0.2) is 0 Å². The lowest BCUT2D eigenvalue weighted by atomic mass is 10.2. The highest BCUT2D eigenvalue weighted by Crippen LogP contribution is 2.29. The minimum atomic E-state index is -2.72. The van der Waals surface area contributed by atoms with E-state index in [1.165, 1.54) is 6.92 Å². The van der Waals surface area contributed by atoms with E-state index in [-0.39, 0.29) is 10.7 Å². The lowest BCUT2D eigenvalue weighted by Crippen LogP contribution is -1.97. The Balaban J connectivity index is 3.28. The Hall–Kier alpha value is -0.770. The van der Waals surface area contributed by atoms with Crippen molar-refractivity contribution in [1.29, 1.82) is 0 Å². The molecule has 0 spiro atoms. The van der Waals surface area contributed by atoms with Crippen LogP contribution in [0.3, 0.4) is 0 Å². The fourth-order valence-corrected chi connectivity index (χ4v) is 1.18. The third-order valence-electron chi connectivity index (χ3n) is 1.39. The van der Waals surface area contributed by atoms with Crippen molar-refractivity contribution in [1.82, 2.24) is 4.98 Å². The summed E-state index contributed by atoms with van der Waals surface area (Å²) in [7, 11) is 0. The van der Waals surface area contributed by atoms with Gasteiger partial charge < -0.3 is 0 Å². The molecule has 5 heteroatoms. The number of hydrogen-bond acceptors (Lipinski definition) is 1. The van der Waals surface area contributed by atoms with Gasteiger partial charge in [-0.1, -0.05) is 11.6 Å². The Morgan fingerprint density at radius 1 is 1.50 bits per heavy atom. The Morgan fingerprint density at radius 2 is 2.08 bits per heavy atom. The fourth-order valence-electron chi connectivity index (χ4n) is 0.870. The molecule has 0 bridgehead atoms. The molecule has 0 aliphatic heterocycles. The Bertz CT molecular complexity index is 278. The van der Waals surface area contributed by atoms with E-state index in [0.717, 1.165) is 6.07 Å². The average Bonchev–Trinajstić information content (AvgIpc) is 1.82. The summed E-state index contributed by atoms with van der Waals surface area (Å²) in [6.45, 7) is 1.29. The van der Waals surface area contributed by atoms with Crippen LogP contribution in [0.5, 0.6) is 0 Å². The van der Waals surface area contributed by atoms with Crippen LogP contribution in [0, 0.1) is 12.9 Å². The van der Waals surface area contributed by atoms with Gasteiger partial charge in [0.05, 0.1) is 16.3 Å². The summed E-state index contributed by atoms with van der Waals surface area (Å²) >= 11 is 5.37. The molecule has 0 aliphatic rings. The van der Waals surface area contributed by atoms with Crippen molar-refractivity contribution in [2.24, 2.45) is 0 Å². The number of aryl methyl sites for hydroxylation is 1. The van der Waals surface area contributed by atoms with Crippen molar-refractivity contribution in [3.05, 3.63) is 28.3 Å². The minimum absolute atomic E-state index is 0.0741. The fraction of sp³-hybridized carbons (Fsp3) is 0.286. The largest absolute Gasteiger partial charge is 0.267 e. The number of alkyl halides is 2. The summed E-state index contributed by atoms with van der Waals surface area (Å²) in [6, 6.07) is 0.774. The standard InChI is InChI=1S/C7H5ClF3N/c1-3-6(7(10)11)4(8)2-5(9)12-3/h2,7H,1H3. The van der Waals surface area contributed by atoms with Crippen molar-refractivity contribution < 1.29 is 13.2 Å². The lowest BCUT2D eigenvalue weighted by Gasteiger charge is -2.05. The zero-order valence-corrected chi connectivity index (χ0v) is 6.87. The minimum Gasteiger partial charge on any atom is -0.225 e. The molecule has 0 atom stereocenters. The van der Waals surface area contributed by atoms with Gasteiger partial charge in [-0.3, -0.25) is 0 Å². The topological polar surface area (TPSA) is 12.9 Å². The molecule has 66 valence electrons. The lowest BCUT2D eigenvalue weighted by molar-refractivity contribution is 0.150. The van der Waals surface area contributed by atoms with Crippen molar-refractivity contribution in [2.45, 2.75) is 13.3 Å². The number of rotatable bonds is 1. The number of nitrogens with zero attached hydrogens (tertiary/aromatic N) is 1. The van der Waals surface area contributed by atoms with Crippen molar-refractivity contribution in [3.63, 3.8) is 0 Å². The maximum atomic E-state index is 12.4. The molecule has 0 unspecified atom stereocenters. The van der Waals surface area contributed by atoms with Crippen LogP contribution in [0.1, 0.15) is 17.7 Å². The van der Waals surface area contributed by atoms with E-state index in [4.69, 9.17) is 11.6 Å². The summed E-state index contributed by atoms with van der Waals surface area (Å²) in [5, 5.41) is -0.282. The van der Waals surface area contributed by atoms with Crippen LogP contribution in [0.25, 0.3) is 0 Å². The van der Waals surface area contributed by atoms with Gasteiger partial charge in [0.25, 0.3) is 6.43 Å². The van der Waals surface area contributed by atoms with Gasteiger partial charge in [-0.15, -0.1) is 0 Å². The molecular formula is C7H5ClF3N. The van der Waals surface area contributed by atoms with E-state index >= 15 is 0 Å². The summed E-state index contributed by atoms with van der Waals surface area (Å²) in [5.74, 6) is -0.845. The smallest absolute Gasteiger partial charge is 0.225 e. The Morgan fingerprint density at radius 3 is 2.50 bits per heavy atom. The Kier molecular flexibility index (Phi) is 2.57. The van der Waals surface area contributed by atoms with E-state index in [1.807, 2.05) is 0 Å². The first-order valence-corrected chi connectivity index (χ1v) is 3.51. The molecule has 1 nitrogen and oxygen atoms in total. The highest BCUT2D eigenvalue weighted by molar-refractivity contribution is 6.31. The molecule has 0 radical (unpaired) electrons. The predicted octanol–water partition coefficient (Wildman–Crippen LogP) is 3.12. The van der Waals surface area contributed by atoms with Crippen LogP contribution >= 0.6 is 11.6 Å². The third kappa shape index (κ3) is 1.69. The van der Waals surface area contributed by atoms with Gasteiger partial charge in [-0.2, -0.15) is 4.39 Å². The predicted molar refractivity (Wildman–Crippen MR) is 38.9 cm³/mol. The van der Waals surface area contributed by atoms with Gasteiger partial charge in [-0.05, 0) is 6.92 Å². The van der Waals surface area contributed by atoms with Crippen LogP contribution in [-0.2, 0) is 0 Å². The first-order chi connectivity index (χ1) is 5.52. The van der Waals surface area contributed by atoms with Gasteiger partial charge >= 0.3 is 0 Å². The highest BCUT2D eigenvalue weighted by atomic mass is 35.5. The molecule has 0 amide bonds. The summed E-state index contributed by atoms with van der Waals surface area (Å²) in [6.07, 6.45) is -2.72. The molecule has 0 N–H and O–H groups in total. The summed E-state index contributed by atoms with van der Waals surface area (Å²) in [4.78, 5) is 3.22. The van der Waals surface area contributed by atoms with Crippen molar-refractivity contribution in [2.75, 3.05) is 0 Å². The molecule has 12 heavy (non-hydrogen) atoms. The van der Waals surface area contributed by atoms with Crippen LogP contribution in [0.2, 0.25) is 5.02 Å². The van der Waals surface area contributed by atoms with Crippen LogP contribution in [0.4, 0.5) is 13.2 Å². The third-order valence-corrected chi connectivity index (χ3v) is 1.70. The number of pyridine rings is 1. The molecule has 0 aromatic carbocycles. The maximum Gasteiger partial charge on any atom is 0.267 e.